The Labute approximate surface area is 182 Å². The molecule has 3 rings (SSSR count). The number of sulfonamides is 1. The van der Waals surface area contributed by atoms with Crippen molar-refractivity contribution >= 4 is 16.0 Å². The summed E-state index contributed by atoms with van der Waals surface area (Å²) in [6.07, 6.45) is 5.53. The first-order chi connectivity index (χ1) is 14.8. The third-order valence-electron chi connectivity index (χ3n) is 5.46. The SMILES string of the molecule is COc1cccc(C2C(C/C=C\CCC(=O)O)CCN2S(=O)(=O)c2ccc(F)cc2)c1. The zero-order chi connectivity index (χ0) is 22.4. The molecule has 0 amide bonds. The molecule has 8 heteroatoms. The number of carboxylic acids is 1. The van der Waals surface area contributed by atoms with Gasteiger partial charge >= 0.3 is 5.97 Å². The number of rotatable bonds is 9. The molecule has 31 heavy (non-hydrogen) atoms. The van der Waals surface area contributed by atoms with Crippen molar-refractivity contribution in [2.24, 2.45) is 5.92 Å². The van der Waals surface area contributed by atoms with Crippen LogP contribution in [0.3, 0.4) is 0 Å². The molecule has 1 aliphatic rings. The second-order valence-electron chi connectivity index (χ2n) is 7.48. The Morgan fingerprint density at radius 1 is 1.23 bits per heavy atom. The lowest BCUT2D eigenvalue weighted by molar-refractivity contribution is -0.136. The first kappa shape index (κ1) is 23.0. The van der Waals surface area contributed by atoms with Crippen LogP contribution >= 0.6 is 0 Å². The van der Waals surface area contributed by atoms with Gasteiger partial charge < -0.3 is 9.84 Å². The van der Waals surface area contributed by atoms with Gasteiger partial charge in [-0.1, -0.05) is 24.3 Å². The van der Waals surface area contributed by atoms with Gasteiger partial charge in [0, 0.05) is 13.0 Å². The molecule has 1 saturated heterocycles. The highest BCUT2D eigenvalue weighted by Crippen LogP contribution is 2.43. The minimum absolute atomic E-state index is 0.0170. The molecule has 1 aliphatic heterocycles. The standard InChI is InChI=1S/C23H26FNO5S/c1-30-20-8-5-7-18(16-20)23-17(6-3-2-4-9-22(26)27)14-15-25(23)31(28,29)21-12-10-19(24)11-13-21/h2-3,5,7-8,10-13,16-17,23H,4,6,9,14-15H2,1H3,(H,26,27)/b3-2-. The number of allylic oxidation sites excluding steroid dienone is 2. The van der Waals surface area contributed by atoms with E-state index in [0.717, 1.165) is 17.7 Å². The maximum absolute atomic E-state index is 13.4. The molecule has 1 fully saturated rings. The van der Waals surface area contributed by atoms with Gasteiger partial charge in [-0.25, -0.2) is 12.8 Å². The van der Waals surface area contributed by atoms with Gasteiger partial charge in [0.15, 0.2) is 0 Å². The summed E-state index contributed by atoms with van der Waals surface area (Å²) >= 11 is 0. The van der Waals surface area contributed by atoms with Crippen LogP contribution in [0.25, 0.3) is 0 Å². The Hall–Kier alpha value is -2.71. The number of carboxylic acid groups (broad SMARTS) is 1. The summed E-state index contributed by atoms with van der Waals surface area (Å²) in [7, 11) is -2.27. The lowest BCUT2D eigenvalue weighted by Gasteiger charge is -2.28. The van der Waals surface area contributed by atoms with E-state index in [2.05, 4.69) is 0 Å². The van der Waals surface area contributed by atoms with Crippen molar-refractivity contribution in [3.05, 3.63) is 72.1 Å². The van der Waals surface area contributed by atoms with Crippen molar-refractivity contribution in [1.29, 1.82) is 0 Å². The van der Waals surface area contributed by atoms with E-state index in [1.807, 2.05) is 30.4 Å². The molecule has 0 bridgehead atoms. The van der Waals surface area contributed by atoms with Gasteiger partial charge in [0.05, 0.1) is 18.0 Å². The van der Waals surface area contributed by atoms with Crippen LogP contribution in [0.1, 0.15) is 37.3 Å². The van der Waals surface area contributed by atoms with Crippen LogP contribution in [0.2, 0.25) is 0 Å². The molecule has 1 heterocycles. The normalized spacial score (nSPS) is 19.7. The summed E-state index contributed by atoms with van der Waals surface area (Å²) in [5, 5.41) is 8.77. The predicted octanol–water partition coefficient (Wildman–Crippen LogP) is 4.40. The third-order valence-corrected chi connectivity index (χ3v) is 7.36. The molecule has 1 N–H and O–H groups in total. The summed E-state index contributed by atoms with van der Waals surface area (Å²) < 4.78 is 46.9. The maximum Gasteiger partial charge on any atom is 0.303 e. The zero-order valence-corrected chi connectivity index (χ0v) is 18.1. The van der Waals surface area contributed by atoms with Crippen LogP contribution in [0.4, 0.5) is 4.39 Å². The van der Waals surface area contributed by atoms with E-state index in [4.69, 9.17) is 9.84 Å². The van der Waals surface area contributed by atoms with Crippen molar-refractivity contribution in [2.75, 3.05) is 13.7 Å². The van der Waals surface area contributed by atoms with Crippen molar-refractivity contribution in [1.82, 2.24) is 4.31 Å². The van der Waals surface area contributed by atoms with Crippen molar-refractivity contribution < 1.29 is 27.4 Å². The molecule has 2 atom stereocenters. The molecule has 2 unspecified atom stereocenters. The van der Waals surface area contributed by atoms with Crippen LogP contribution in [0, 0.1) is 11.7 Å². The molecule has 6 nitrogen and oxygen atoms in total. The van der Waals surface area contributed by atoms with Gasteiger partial charge in [-0.2, -0.15) is 4.31 Å². The number of methoxy groups -OCH3 is 1. The number of aliphatic carboxylic acids is 1. The number of hydrogen-bond donors (Lipinski definition) is 1. The molecule has 2 aromatic rings. The van der Waals surface area contributed by atoms with Gasteiger partial charge in [-0.05, 0) is 67.1 Å². The second kappa shape index (κ2) is 10.1. The molecule has 0 aliphatic carbocycles. The number of benzene rings is 2. The van der Waals surface area contributed by atoms with Crippen molar-refractivity contribution in [3.8, 4) is 5.75 Å². The summed E-state index contributed by atoms with van der Waals surface area (Å²) in [6.45, 7) is 0.342. The summed E-state index contributed by atoms with van der Waals surface area (Å²) in [5.74, 6) is -0.687. The van der Waals surface area contributed by atoms with Crippen LogP contribution in [-0.4, -0.2) is 37.5 Å². The largest absolute Gasteiger partial charge is 0.497 e. The van der Waals surface area contributed by atoms with E-state index in [-0.39, 0.29) is 17.2 Å². The highest BCUT2D eigenvalue weighted by atomic mass is 32.2. The molecule has 0 spiro atoms. The fourth-order valence-corrected chi connectivity index (χ4v) is 5.63. The van der Waals surface area contributed by atoms with Crippen LogP contribution in [0.15, 0.2) is 65.6 Å². The Bertz CT molecular complexity index is 1040. The van der Waals surface area contributed by atoms with E-state index in [1.165, 1.54) is 16.4 Å². The maximum atomic E-state index is 13.4. The van der Waals surface area contributed by atoms with Crippen molar-refractivity contribution in [2.45, 2.75) is 36.6 Å². The minimum atomic E-state index is -3.83. The summed E-state index contributed by atoms with van der Waals surface area (Å²) in [4.78, 5) is 10.7. The van der Waals surface area contributed by atoms with Gasteiger partial charge in [0.25, 0.3) is 0 Å². The Balaban J connectivity index is 1.90. The van der Waals surface area contributed by atoms with Gasteiger partial charge in [-0.15, -0.1) is 0 Å². The quantitative estimate of drug-likeness (QED) is 0.576. The van der Waals surface area contributed by atoms with Gasteiger partial charge in [0.2, 0.25) is 10.0 Å². The van der Waals surface area contributed by atoms with Crippen LogP contribution < -0.4 is 4.74 Å². The average Bonchev–Trinajstić information content (AvgIpc) is 3.18. The lowest BCUT2D eigenvalue weighted by atomic mass is 9.91. The molecular weight excluding hydrogens is 421 g/mol. The first-order valence-corrected chi connectivity index (χ1v) is 11.5. The van der Waals surface area contributed by atoms with Crippen LogP contribution in [0.5, 0.6) is 5.75 Å². The van der Waals surface area contributed by atoms with Crippen LogP contribution in [-0.2, 0) is 14.8 Å². The predicted molar refractivity (Wildman–Crippen MR) is 115 cm³/mol. The molecular formula is C23H26FNO5S. The van der Waals surface area contributed by atoms with E-state index in [1.54, 1.807) is 13.2 Å². The molecule has 0 radical (unpaired) electrons. The highest BCUT2D eigenvalue weighted by molar-refractivity contribution is 7.89. The smallest absolute Gasteiger partial charge is 0.303 e. The lowest BCUT2D eigenvalue weighted by Crippen LogP contribution is -2.32. The van der Waals surface area contributed by atoms with Gasteiger partial charge in [0.1, 0.15) is 11.6 Å². The second-order valence-corrected chi connectivity index (χ2v) is 9.37. The molecule has 2 aromatic carbocycles. The fraction of sp³-hybridized carbons (Fsp3) is 0.348. The summed E-state index contributed by atoms with van der Waals surface area (Å²) in [5.41, 5.74) is 0.825. The molecule has 0 aromatic heterocycles. The minimum Gasteiger partial charge on any atom is -0.497 e. The zero-order valence-electron chi connectivity index (χ0n) is 17.3. The topological polar surface area (TPSA) is 83.9 Å². The van der Waals surface area contributed by atoms with Gasteiger partial charge in [-0.3, -0.25) is 4.79 Å². The van der Waals surface area contributed by atoms with Crippen molar-refractivity contribution in [3.63, 3.8) is 0 Å². The monoisotopic (exact) mass is 447 g/mol. The number of hydrogen-bond acceptors (Lipinski definition) is 4. The fourth-order valence-electron chi connectivity index (χ4n) is 3.94. The Kier molecular flexibility index (Phi) is 7.46. The van der Waals surface area contributed by atoms with E-state index < -0.39 is 27.9 Å². The number of carbonyl (C=O) groups is 1. The van der Waals surface area contributed by atoms with E-state index in [9.17, 15) is 17.6 Å². The average molecular weight is 448 g/mol. The van der Waals surface area contributed by atoms with E-state index >= 15 is 0 Å². The number of halogens is 1. The Morgan fingerprint density at radius 3 is 2.65 bits per heavy atom. The first-order valence-electron chi connectivity index (χ1n) is 10.1. The molecule has 166 valence electrons. The van der Waals surface area contributed by atoms with E-state index in [0.29, 0.717) is 31.6 Å². The number of ether oxygens (including phenoxy) is 1. The summed E-state index contributed by atoms with van der Waals surface area (Å²) in [6, 6.07) is 11.8. The third kappa shape index (κ3) is 5.51. The Morgan fingerprint density at radius 2 is 1.97 bits per heavy atom. The number of nitrogens with zero attached hydrogens (tertiary/aromatic N) is 1. The molecule has 0 saturated carbocycles. The highest BCUT2D eigenvalue weighted by Gasteiger charge is 2.42.